The van der Waals surface area contributed by atoms with Gasteiger partial charge >= 0.3 is 0 Å². The lowest BCUT2D eigenvalue weighted by Gasteiger charge is -2.06. The van der Waals surface area contributed by atoms with Crippen LogP contribution >= 0.6 is 11.6 Å². The molecule has 0 aliphatic carbocycles. The number of oxime groups is 1. The quantitative estimate of drug-likeness (QED) is 0.370. The standard InChI is InChI=1S/C10H10ClN5O/c11-9-3-7(10(12)15-17)1-2-8(9)4-16-6-13-5-14-16/h1-3,5-6,17H,4H2,(H2,12,15). The molecule has 0 unspecified atom stereocenters. The van der Waals surface area contributed by atoms with E-state index in [1.807, 2.05) is 0 Å². The number of halogens is 1. The molecule has 3 N–H and O–H groups in total. The summed E-state index contributed by atoms with van der Waals surface area (Å²) in [6.45, 7) is 0.523. The largest absolute Gasteiger partial charge is 0.409 e. The molecule has 7 heteroatoms. The van der Waals surface area contributed by atoms with Crippen LogP contribution in [0.2, 0.25) is 5.02 Å². The van der Waals surface area contributed by atoms with Gasteiger partial charge < -0.3 is 10.9 Å². The molecule has 0 atom stereocenters. The van der Waals surface area contributed by atoms with E-state index in [2.05, 4.69) is 15.2 Å². The van der Waals surface area contributed by atoms with E-state index in [9.17, 15) is 0 Å². The minimum Gasteiger partial charge on any atom is -0.409 e. The predicted molar refractivity (Wildman–Crippen MR) is 63.1 cm³/mol. The first-order chi connectivity index (χ1) is 8.20. The predicted octanol–water partition coefficient (Wildman–Crippen LogP) is 1.07. The van der Waals surface area contributed by atoms with E-state index in [0.717, 1.165) is 5.56 Å². The van der Waals surface area contributed by atoms with E-state index < -0.39 is 0 Å². The van der Waals surface area contributed by atoms with Crippen molar-refractivity contribution in [2.75, 3.05) is 0 Å². The Bertz CT molecular complexity index is 538. The normalized spacial score (nSPS) is 11.7. The third kappa shape index (κ3) is 2.54. The fourth-order valence-electron chi connectivity index (χ4n) is 1.38. The van der Waals surface area contributed by atoms with Gasteiger partial charge in [-0.25, -0.2) is 9.67 Å². The van der Waals surface area contributed by atoms with Crippen LogP contribution in [-0.4, -0.2) is 25.8 Å². The Hall–Kier alpha value is -2.08. The second kappa shape index (κ2) is 4.84. The molecule has 1 heterocycles. The van der Waals surface area contributed by atoms with Gasteiger partial charge in [0.15, 0.2) is 5.84 Å². The van der Waals surface area contributed by atoms with Gasteiger partial charge in [0.1, 0.15) is 12.7 Å². The molecule has 1 aromatic carbocycles. The van der Waals surface area contributed by atoms with E-state index in [1.54, 1.807) is 29.2 Å². The Morgan fingerprint density at radius 3 is 2.94 bits per heavy atom. The monoisotopic (exact) mass is 251 g/mol. The summed E-state index contributed by atoms with van der Waals surface area (Å²) in [5.41, 5.74) is 6.91. The maximum Gasteiger partial charge on any atom is 0.170 e. The van der Waals surface area contributed by atoms with E-state index in [0.29, 0.717) is 17.1 Å². The van der Waals surface area contributed by atoms with Crippen LogP contribution in [0.3, 0.4) is 0 Å². The van der Waals surface area contributed by atoms with Crippen molar-refractivity contribution in [3.8, 4) is 0 Å². The van der Waals surface area contributed by atoms with Crippen molar-refractivity contribution >= 4 is 17.4 Å². The van der Waals surface area contributed by atoms with Crippen molar-refractivity contribution in [3.63, 3.8) is 0 Å². The maximum absolute atomic E-state index is 8.55. The number of benzene rings is 1. The molecule has 2 rings (SSSR count). The van der Waals surface area contributed by atoms with Crippen LogP contribution < -0.4 is 5.73 Å². The van der Waals surface area contributed by atoms with Gasteiger partial charge in [-0.2, -0.15) is 5.10 Å². The highest BCUT2D eigenvalue weighted by Crippen LogP contribution is 2.18. The molecule has 1 aromatic heterocycles. The van der Waals surface area contributed by atoms with E-state index in [-0.39, 0.29) is 5.84 Å². The highest BCUT2D eigenvalue weighted by Gasteiger charge is 2.05. The van der Waals surface area contributed by atoms with Crippen molar-refractivity contribution in [3.05, 3.63) is 47.0 Å². The van der Waals surface area contributed by atoms with Crippen LogP contribution in [0.5, 0.6) is 0 Å². The molecule has 0 aliphatic rings. The molecular formula is C10H10ClN5O. The van der Waals surface area contributed by atoms with Crippen molar-refractivity contribution < 1.29 is 5.21 Å². The van der Waals surface area contributed by atoms with Crippen molar-refractivity contribution in [2.45, 2.75) is 6.54 Å². The highest BCUT2D eigenvalue weighted by molar-refractivity contribution is 6.31. The topological polar surface area (TPSA) is 89.3 Å². The second-order valence-electron chi connectivity index (χ2n) is 3.38. The molecule has 0 bridgehead atoms. The van der Waals surface area contributed by atoms with Crippen LogP contribution in [0.4, 0.5) is 0 Å². The SMILES string of the molecule is N/C(=N/O)c1ccc(Cn2cncn2)c(Cl)c1. The van der Waals surface area contributed by atoms with Gasteiger partial charge in [0.25, 0.3) is 0 Å². The first-order valence-electron chi connectivity index (χ1n) is 4.79. The average Bonchev–Trinajstić information content (AvgIpc) is 2.83. The average molecular weight is 252 g/mol. The summed E-state index contributed by atoms with van der Waals surface area (Å²) in [7, 11) is 0. The number of nitrogens with two attached hydrogens (primary N) is 1. The second-order valence-corrected chi connectivity index (χ2v) is 3.79. The van der Waals surface area contributed by atoms with Crippen molar-refractivity contribution in [2.24, 2.45) is 10.9 Å². The van der Waals surface area contributed by atoms with Crippen LogP contribution in [0.1, 0.15) is 11.1 Å². The molecule has 0 saturated heterocycles. The molecule has 0 aliphatic heterocycles. The summed E-state index contributed by atoms with van der Waals surface area (Å²) >= 11 is 6.09. The van der Waals surface area contributed by atoms with E-state index >= 15 is 0 Å². The fraction of sp³-hybridized carbons (Fsp3) is 0.100. The third-order valence-electron chi connectivity index (χ3n) is 2.26. The molecule has 88 valence electrons. The Morgan fingerprint density at radius 2 is 2.35 bits per heavy atom. The molecule has 0 saturated carbocycles. The van der Waals surface area contributed by atoms with Crippen LogP contribution in [0.25, 0.3) is 0 Å². The lowest BCUT2D eigenvalue weighted by atomic mass is 10.1. The van der Waals surface area contributed by atoms with Gasteiger partial charge in [-0.1, -0.05) is 28.9 Å². The number of rotatable bonds is 3. The number of amidine groups is 1. The number of aromatic nitrogens is 3. The molecule has 0 radical (unpaired) electrons. The maximum atomic E-state index is 8.55. The minimum atomic E-state index is 0.0270. The van der Waals surface area contributed by atoms with Crippen LogP contribution in [0.15, 0.2) is 36.0 Å². The zero-order chi connectivity index (χ0) is 12.3. The fourth-order valence-corrected chi connectivity index (χ4v) is 1.62. The van der Waals surface area contributed by atoms with Crippen LogP contribution in [0, 0.1) is 0 Å². The van der Waals surface area contributed by atoms with Gasteiger partial charge in [-0.3, -0.25) is 0 Å². The summed E-state index contributed by atoms with van der Waals surface area (Å²) in [4.78, 5) is 3.84. The summed E-state index contributed by atoms with van der Waals surface area (Å²) < 4.78 is 1.66. The lowest BCUT2D eigenvalue weighted by Crippen LogP contribution is -2.13. The highest BCUT2D eigenvalue weighted by atomic mass is 35.5. The molecular weight excluding hydrogens is 242 g/mol. The summed E-state index contributed by atoms with van der Waals surface area (Å²) in [6.07, 6.45) is 3.06. The Morgan fingerprint density at radius 1 is 1.53 bits per heavy atom. The molecule has 0 spiro atoms. The first kappa shape index (κ1) is 11.4. The zero-order valence-corrected chi connectivity index (χ0v) is 9.54. The number of hydrogen-bond donors (Lipinski definition) is 2. The van der Waals surface area contributed by atoms with E-state index in [1.165, 1.54) is 6.33 Å². The number of hydrogen-bond acceptors (Lipinski definition) is 4. The van der Waals surface area contributed by atoms with Gasteiger partial charge in [0, 0.05) is 10.6 Å². The molecule has 2 aromatic rings. The van der Waals surface area contributed by atoms with Gasteiger partial charge in [-0.15, -0.1) is 0 Å². The Labute approximate surface area is 102 Å². The van der Waals surface area contributed by atoms with Crippen LogP contribution in [-0.2, 0) is 6.54 Å². The molecule has 17 heavy (non-hydrogen) atoms. The van der Waals surface area contributed by atoms with Gasteiger partial charge in [-0.05, 0) is 11.6 Å². The van der Waals surface area contributed by atoms with Crippen molar-refractivity contribution in [1.29, 1.82) is 0 Å². The molecule has 0 amide bonds. The number of nitrogens with zero attached hydrogens (tertiary/aromatic N) is 4. The Balaban J connectivity index is 2.26. The summed E-state index contributed by atoms with van der Waals surface area (Å²) in [6, 6.07) is 5.17. The van der Waals surface area contributed by atoms with Gasteiger partial charge in [0.2, 0.25) is 0 Å². The third-order valence-corrected chi connectivity index (χ3v) is 2.61. The smallest absolute Gasteiger partial charge is 0.170 e. The molecule has 6 nitrogen and oxygen atoms in total. The first-order valence-corrected chi connectivity index (χ1v) is 5.17. The Kier molecular flexibility index (Phi) is 3.24. The van der Waals surface area contributed by atoms with Crippen molar-refractivity contribution in [1.82, 2.24) is 14.8 Å². The minimum absolute atomic E-state index is 0.0270. The zero-order valence-electron chi connectivity index (χ0n) is 8.79. The summed E-state index contributed by atoms with van der Waals surface area (Å²) in [5, 5.41) is 16.0. The summed E-state index contributed by atoms with van der Waals surface area (Å²) in [5.74, 6) is 0.0270. The van der Waals surface area contributed by atoms with Gasteiger partial charge in [0.05, 0.1) is 6.54 Å². The lowest BCUT2D eigenvalue weighted by molar-refractivity contribution is 0.318. The molecule has 0 fully saturated rings. The van der Waals surface area contributed by atoms with E-state index in [4.69, 9.17) is 22.5 Å².